The van der Waals surface area contributed by atoms with Gasteiger partial charge in [-0.05, 0) is 37.6 Å². The van der Waals surface area contributed by atoms with Crippen molar-refractivity contribution < 1.29 is 9.53 Å². The van der Waals surface area contributed by atoms with Gasteiger partial charge < -0.3 is 15.8 Å². The zero-order valence-corrected chi connectivity index (χ0v) is 12.5. The first-order chi connectivity index (χ1) is 9.72. The molecule has 112 valence electrons. The molecule has 0 unspecified atom stereocenters. The van der Waals surface area contributed by atoms with Crippen molar-refractivity contribution in [2.24, 2.45) is 5.73 Å². The first kappa shape index (κ1) is 16.8. The van der Waals surface area contributed by atoms with Crippen LogP contribution in [-0.2, 0) is 4.79 Å². The molecular formula is C15H23ClN2O2. The Morgan fingerprint density at radius 1 is 1.25 bits per heavy atom. The van der Waals surface area contributed by atoms with Gasteiger partial charge >= 0.3 is 0 Å². The Morgan fingerprint density at radius 2 is 2.05 bits per heavy atom. The van der Waals surface area contributed by atoms with E-state index < -0.39 is 0 Å². The summed E-state index contributed by atoms with van der Waals surface area (Å²) in [4.78, 5) is 11.5. The number of hydrogen-bond donors (Lipinski definition) is 2. The van der Waals surface area contributed by atoms with Crippen molar-refractivity contribution in [1.29, 1.82) is 0 Å². The molecule has 1 rings (SSSR count). The van der Waals surface area contributed by atoms with Gasteiger partial charge in [-0.2, -0.15) is 0 Å². The predicted octanol–water partition coefficient (Wildman–Crippen LogP) is 2.74. The highest BCUT2D eigenvalue weighted by Gasteiger charge is 2.01. The normalized spacial score (nSPS) is 10.3. The van der Waals surface area contributed by atoms with Crippen LogP contribution in [0.2, 0.25) is 5.02 Å². The van der Waals surface area contributed by atoms with E-state index in [1.165, 1.54) is 0 Å². The molecule has 0 aliphatic heterocycles. The van der Waals surface area contributed by atoms with Crippen LogP contribution in [0.1, 0.15) is 32.1 Å². The number of nitrogens with two attached hydrogens (primary N) is 1. The summed E-state index contributed by atoms with van der Waals surface area (Å²) in [6.45, 7) is 1.68. The van der Waals surface area contributed by atoms with E-state index in [1.807, 2.05) is 12.1 Å². The fourth-order valence-electron chi connectivity index (χ4n) is 1.79. The molecule has 0 atom stereocenters. The number of nitrogens with one attached hydrogen (secondary N) is 1. The molecule has 0 radical (unpaired) electrons. The van der Waals surface area contributed by atoms with Gasteiger partial charge in [-0.3, -0.25) is 4.79 Å². The lowest BCUT2D eigenvalue weighted by Gasteiger charge is -2.08. The first-order valence-electron chi connectivity index (χ1n) is 7.07. The highest BCUT2D eigenvalue weighted by Crippen LogP contribution is 2.16. The van der Waals surface area contributed by atoms with E-state index >= 15 is 0 Å². The predicted molar refractivity (Wildman–Crippen MR) is 82.1 cm³/mol. The molecule has 0 fully saturated rings. The maximum Gasteiger partial charge on any atom is 0.220 e. The second-order valence-electron chi connectivity index (χ2n) is 4.61. The third-order valence-corrected chi connectivity index (χ3v) is 3.08. The van der Waals surface area contributed by atoms with Crippen molar-refractivity contribution in [3.63, 3.8) is 0 Å². The lowest BCUT2D eigenvalue weighted by molar-refractivity contribution is -0.121. The number of amides is 1. The van der Waals surface area contributed by atoms with Crippen molar-refractivity contribution in [3.8, 4) is 5.75 Å². The number of carbonyl (C=O) groups excluding carboxylic acids is 1. The number of rotatable bonds is 10. The van der Waals surface area contributed by atoms with Crippen LogP contribution in [-0.4, -0.2) is 25.6 Å². The van der Waals surface area contributed by atoms with Crippen molar-refractivity contribution in [1.82, 2.24) is 5.32 Å². The Hall–Kier alpha value is -1.26. The van der Waals surface area contributed by atoms with Crippen LogP contribution in [0.15, 0.2) is 24.3 Å². The van der Waals surface area contributed by atoms with Crippen LogP contribution in [0.25, 0.3) is 0 Å². The van der Waals surface area contributed by atoms with Crippen molar-refractivity contribution in [3.05, 3.63) is 29.3 Å². The van der Waals surface area contributed by atoms with Crippen LogP contribution >= 0.6 is 11.6 Å². The van der Waals surface area contributed by atoms with Gasteiger partial charge in [-0.15, -0.1) is 0 Å². The third kappa shape index (κ3) is 8.02. The average molecular weight is 299 g/mol. The Balaban J connectivity index is 2.02. The summed E-state index contributed by atoms with van der Waals surface area (Å²) in [5.74, 6) is 0.793. The van der Waals surface area contributed by atoms with Crippen LogP contribution in [0.5, 0.6) is 5.75 Å². The van der Waals surface area contributed by atoms with E-state index in [0.717, 1.165) is 32.2 Å². The second-order valence-corrected chi connectivity index (χ2v) is 5.05. The largest absolute Gasteiger partial charge is 0.492 e. The number of hydrogen-bond acceptors (Lipinski definition) is 3. The molecule has 20 heavy (non-hydrogen) atoms. The molecule has 0 saturated carbocycles. The molecule has 0 spiro atoms. The maximum atomic E-state index is 11.5. The zero-order valence-electron chi connectivity index (χ0n) is 11.7. The number of ether oxygens (including phenoxy) is 1. The van der Waals surface area contributed by atoms with Gasteiger partial charge in [0.25, 0.3) is 0 Å². The minimum absolute atomic E-state index is 0.0763. The molecule has 0 aliphatic rings. The molecule has 1 aromatic rings. The highest BCUT2D eigenvalue weighted by atomic mass is 35.5. The van der Waals surface area contributed by atoms with Crippen molar-refractivity contribution >= 4 is 17.5 Å². The minimum atomic E-state index is 0.0763. The summed E-state index contributed by atoms with van der Waals surface area (Å²) in [5.41, 5.74) is 5.41. The standard InChI is InChI=1S/C15H23ClN2O2/c16-13-6-5-7-14(12-13)20-11-10-18-15(19)8-3-1-2-4-9-17/h5-7,12H,1-4,8-11,17H2,(H,18,19). The molecule has 3 N–H and O–H groups in total. The topological polar surface area (TPSA) is 64.4 Å². The molecule has 0 aliphatic carbocycles. The summed E-state index contributed by atoms with van der Waals surface area (Å²) >= 11 is 5.84. The Kier molecular flexibility index (Phi) is 8.83. The monoisotopic (exact) mass is 298 g/mol. The van der Waals surface area contributed by atoms with E-state index in [4.69, 9.17) is 22.1 Å². The SMILES string of the molecule is NCCCCCCC(=O)NCCOc1cccc(Cl)c1. The molecule has 0 heterocycles. The zero-order chi connectivity index (χ0) is 14.6. The summed E-state index contributed by atoms with van der Waals surface area (Å²) in [7, 11) is 0. The molecule has 0 aromatic heterocycles. The number of halogens is 1. The van der Waals surface area contributed by atoms with Crippen molar-refractivity contribution in [2.45, 2.75) is 32.1 Å². The average Bonchev–Trinajstić information content (AvgIpc) is 2.43. The Morgan fingerprint density at radius 3 is 2.80 bits per heavy atom. The van der Waals surface area contributed by atoms with Gasteiger partial charge in [0.1, 0.15) is 12.4 Å². The summed E-state index contributed by atoms with van der Waals surface area (Å²) < 4.78 is 5.48. The van der Waals surface area contributed by atoms with Gasteiger partial charge in [0.2, 0.25) is 5.91 Å². The molecule has 1 aromatic carbocycles. The number of benzene rings is 1. The van der Waals surface area contributed by atoms with E-state index in [0.29, 0.717) is 30.3 Å². The smallest absolute Gasteiger partial charge is 0.220 e. The van der Waals surface area contributed by atoms with Crippen LogP contribution < -0.4 is 15.8 Å². The Bertz CT molecular complexity index is 399. The van der Waals surface area contributed by atoms with Crippen LogP contribution in [0, 0.1) is 0 Å². The van der Waals surface area contributed by atoms with E-state index in [9.17, 15) is 4.79 Å². The summed E-state index contributed by atoms with van der Waals surface area (Å²) in [5, 5.41) is 3.48. The molecule has 0 saturated heterocycles. The van der Waals surface area contributed by atoms with Gasteiger partial charge in [0.15, 0.2) is 0 Å². The second kappa shape index (κ2) is 10.5. The molecular weight excluding hydrogens is 276 g/mol. The number of carbonyl (C=O) groups is 1. The van der Waals surface area contributed by atoms with Crippen LogP contribution in [0.4, 0.5) is 0 Å². The van der Waals surface area contributed by atoms with E-state index in [1.54, 1.807) is 12.1 Å². The van der Waals surface area contributed by atoms with Crippen LogP contribution in [0.3, 0.4) is 0 Å². The highest BCUT2D eigenvalue weighted by molar-refractivity contribution is 6.30. The minimum Gasteiger partial charge on any atom is -0.492 e. The third-order valence-electron chi connectivity index (χ3n) is 2.85. The van der Waals surface area contributed by atoms with E-state index in [2.05, 4.69) is 5.32 Å². The van der Waals surface area contributed by atoms with Gasteiger partial charge in [-0.1, -0.05) is 30.5 Å². The molecule has 0 bridgehead atoms. The summed E-state index contributed by atoms with van der Waals surface area (Å²) in [6, 6.07) is 7.21. The molecule has 4 nitrogen and oxygen atoms in total. The first-order valence-corrected chi connectivity index (χ1v) is 7.45. The maximum absolute atomic E-state index is 11.5. The van der Waals surface area contributed by atoms with Gasteiger partial charge in [0, 0.05) is 11.4 Å². The quantitative estimate of drug-likeness (QED) is 0.653. The summed E-state index contributed by atoms with van der Waals surface area (Å²) in [6.07, 6.45) is 4.68. The molecule has 5 heteroatoms. The Labute approximate surface area is 125 Å². The van der Waals surface area contributed by atoms with E-state index in [-0.39, 0.29) is 5.91 Å². The lowest BCUT2D eigenvalue weighted by atomic mass is 10.1. The lowest BCUT2D eigenvalue weighted by Crippen LogP contribution is -2.27. The van der Waals surface area contributed by atoms with Gasteiger partial charge in [-0.25, -0.2) is 0 Å². The van der Waals surface area contributed by atoms with Crippen molar-refractivity contribution in [2.75, 3.05) is 19.7 Å². The number of unbranched alkanes of at least 4 members (excludes halogenated alkanes) is 3. The fraction of sp³-hybridized carbons (Fsp3) is 0.533. The fourth-order valence-corrected chi connectivity index (χ4v) is 1.97. The molecule has 1 amide bonds. The van der Waals surface area contributed by atoms with Gasteiger partial charge in [0.05, 0.1) is 6.54 Å².